The van der Waals surface area contributed by atoms with Gasteiger partial charge in [-0.25, -0.2) is 8.42 Å². The smallest absolute Gasteiger partial charge is 0.222 e. The molecule has 2 unspecified atom stereocenters. The lowest BCUT2D eigenvalue weighted by Gasteiger charge is -2.32. The van der Waals surface area contributed by atoms with Crippen molar-refractivity contribution in [2.45, 2.75) is 57.4 Å². The Morgan fingerprint density at radius 3 is 2.54 bits per heavy atom. The Balaban J connectivity index is 0.00000280. The highest BCUT2D eigenvalue weighted by molar-refractivity contribution is 14.0. The van der Waals surface area contributed by atoms with E-state index >= 15 is 0 Å². The van der Waals surface area contributed by atoms with Gasteiger partial charge in [-0.3, -0.25) is 9.79 Å². The number of piperidine rings is 1. The fraction of sp³-hybridized carbons (Fsp3) is 0.895. The minimum Gasteiger partial charge on any atom is -0.356 e. The molecule has 3 fully saturated rings. The highest BCUT2D eigenvalue weighted by atomic mass is 127. The predicted molar refractivity (Wildman–Crippen MR) is 123 cm³/mol. The molecule has 28 heavy (non-hydrogen) atoms. The van der Waals surface area contributed by atoms with E-state index in [1.165, 1.54) is 32.1 Å². The summed E-state index contributed by atoms with van der Waals surface area (Å²) >= 11 is 0. The second-order valence-corrected chi connectivity index (χ2v) is 10.7. The van der Waals surface area contributed by atoms with Crippen molar-refractivity contribution < 1.29 is 13.2 Å². The number of likely N-dealkylation sites (tertiary alicyclic amines) is 1. The number of hydrogen-bond donors (Lipinski definition) is 2. The van der Waals surface area contributed by atoms with Crippen LogP contribution in [0, 0.1) is 11.8 Å². The predicted octanol–water partition coefficient (Wildman–Crippen LogP) is 1.78. The normalized spacial score (nSPS) is 28.7. The van der Waals surface area contributed by atoms with E-state index < -0.39 is 9.84 Å². The van der Waals surface area contributed by atoms with E-state index in [2.05, 4.69) is 10.6 Å². The molecule has 3 rings (SSSR count). The molecule has 9 heteroatoms. The third-order valence-corrected chi connectivity index (χ3v) is 7.92. The zero-order valence-corrected chi connectivity index (χ0v) is 20.0. The Bertz CT molecular complexity index is 650. The number of hydrogen-bond acceptors (Lipinski definition) is 4. The molecule has 2 saturated heterocycles. The molecular weight excluding hydrogens is 491 g/mol. The van der Waals surface area contributed by atoms with Gasteiger partial charge in [0.1, 0.15) is 0 Å². The first kappa shape index (κ1) is 23.7. The van der Waals surface area contributed by atoms with Crippen LogP contribution in [0.15, 0.2) is 4.99 Å². The van der Waals surface area contributed by atoms with Gasteiger partial charge < -0.3 is 15.5 Å². The van der Waals surface area contributed by atoms with Crippen LogP contribution < -0.4 is 10.6 Å². The van der Waals surface area contributed by atoms with E-state index in [4.69, 9.17) is 4.99 Å². The van der Waals surface area contributed by atoms with Gasteiger partial charge in [-0.2, -0.15) is 0 Å². The lowest BCUT2D eigenvalue weighted by Crippen LogP contribution is -2.52. The first-order valence-corrected chi connectivity index (χ1v) is 12.2. The van der Waals surface area contributed by atoms with Crippen LogP contribution >= 0.6 is 24.0 Å². The van der Waals surface area contributed by atoms with Gasteiger partial charge in [0.15, 0.2) is 15.8 Å². The van der Waals surface area contributed by atoms with Crippen LogP contribution in [0.25, 0.3) is 0 Å². The van der Waals surface area contributed by atoms with E-state index in [1.54, 1.807) is 4.90 Å². The van der Waals surface area contributed by atoms with Crippen LogP contribution in [0.3, 0.4) is 0 Å². The van der Waals surface area contributed by atoms with Gasteiger partial charge in [-0.1, -0.05) is 19.3 Å². The number of guanidine groups is 1. The highest BCUT2D eigenvalue weighted by Gasteiger charge is 2.28. The molecule has 3 aliphatic rings. The molecule has 1 saturated carbocycles. The Kier molecular flexibility index (Phi) is 9.30. The molecule has 0 aromatic carbocycles. The van der Waals surface area contributed by atoms with Crippen LogP contribution in [0.5, 0.6) is 0 Å². The van der Waals surface area contributed by atoms with E-state index in [0.29, 0.717) is 37.6 Å². The lowest BCUT2D eigenvalue weighted by molar-refractivity contribution is -0.132. The largest absolute Gasteiger partial charge is 0.356 e. The number of carbonyl (C=O) groups excluding carboxylic acids is 1. The Morgan fingerprint density at radius 2 is 1.89 bits per heavy atom. The number of nitrogens with one attached hydrogen (secondary N) is 2. The second kappa shape index (κ2) is 11.0. The van der Waals surface area contributed by atoms with Crippen molar-refractivity contribution in [1.82, 2.24) is 15.5 Å². The number of likely N-dealkylation sites (N-methyl/N-ethyl adjacent to an activating group) is 1. The van der Waals surface area contributed by atoms with Crippen molar-refractivity contribution in [2.75, 3.05) is 38.2 Å². The van der Waals surface area contributed by atoms with Crippen molar-refractivity contribution in [3.8, 4) is 0 Å². The van der Waals surface area contributed by atoms with Crippen LogP contribution in [-0.4, -0.2) is 69.4 Å². The van der Waals surface area contributed by atoms with Crippen LogP contribution in [0.1, 0.15) is 51.4 Å². The molecule has 0 bridgehead atoms. The van der Waals surface area contributed by atoms with Crippen molar-refractivity contribution in [3.05, 3.63) is 0 Å². The fourth-order valence-electron chi connectivity index (χ4n) is 4.34. The molecule has 2 heterocycles. The number of halogens is 1. The minimum atomic E-state index is -2.87. The van der Waals surface area contributed by atoms with Gasteiger partial charge in [-0.15, -0.1) is 24.0 Å². The summed E-state index contributed by atoms with van der Waals surface area (Å²) in [5.41, 5.74) is 0. The summed E-state index contributed by atoms with van der Waals surface area (Å²) in [5.74, 6) is 2.33. The number of sulfone groups is 1. The van der Waals surface area contributed by atoms with Crippen LogP contribution in [-0.2, 0) is 14.6 Å². The summed E-state index contributed by atoms with van der Waals surface area (Å²) in [7, 11) is -1.03. The van der Waals surface area contributed by atoms with E-state index in [1.807, 2.05) is 7.05 Å². The van der Waals surface area contributed by atoms with Crippen LogP contribution in [0.2, 0.25) is 0 Å². The fourth-order valence-corrected chi connectivity index (χ4v) is 6.19. The maximum absolute atomic E-state index is 11.7. The SMILES string of the molecule is CN1CC(NC(=NCC2CCS(=O)(=O)C2)NCC2CCCCC2)CCC1=O.I. The zero-order valence-electron chi connectivity index (χ0n) is 16.9. The number of aliphatic imine (C=N–C) groups is 1. The molecular formula is C19H35IN4O3S. The standard InChI is InChI=1S/C19H34N4O3S.HI/c1-23-13-17(7-8-18(23)24)22-19(20-11-15-5-3-2-4-6-15)21-12-16-9-10-27(25,26)14-16;/h15-17H,2-14H2,1H3,(H2,20,21,22);1H. The summed E-state index contributed by atoms with van der Waals surface area (Å²) < 4.78 is 23.4. The summed E-state index contributed by atoms with van der Waals surface area (Å²) in [4.78, 5) is 18.2. The van der Waals surface area contributed by atoms with Gasteiger partial charge in [0.05, 0.1) is 11.5 Å². The molecule has 2 N–H and O–H groups in total. The summed E-state index contributed by atoms with van der Waals surface area (Å²) in [6, 6.07) is 0.192. The Morgan fingerprint density at radius 1 is 1.14 bits per heavy atom. The summed E-state index contributed by atoms with van der Waals surface area (Å²) in [6.45, 7) is 2.14. The van der Waals surface area contributed by atoms with E-state index in [9.17, 15) is 13.2 Å². The van der Waals surface area contributed by atoms with E-state index in [-0.39, 0.29) is 47.6 Å². The molecule has 2 aliphatic heterocycles. The van der Waals surface area contributed by atoms with E-state index in [0.717, 1.165) is 18.9 Å². The Labute approximate surface area is 186 Å². The topological polar surface area (TPSA) is 90.9 Å². The molecule has 7 nitrogen and oxygen atoms in total. The molecule has 0 aromatic rings. The molecule has 0 aromatic heterocycles. The van der Waals surface area contributed by atoms with Gasteiger partial charge >= 0.3 is 0 Å². The maximum Gasteiger partial charge on any atom is 0.222 e. The lowest BCUT2D eigenvalue weighted by atomic mass is 9.89. The number of nitrogens with zero attached hydrogens (tertiary/aromatic N) is 2. The van der Waals surface area contributed by atoms with Crippen molar-refractivity contribution >= 4 is 45.7 Å². The summed E-state index contributed by atoms with van der Waals surface area (Å²) in [5, 5.41) is 6.98. The highest BCUT2D eigenvalue weighted by Crippen LogP contribution is 2.23. The third kappa shape index (κ3) is 7.35. The summed E-state index contributed by atoms with van der Waals surface area (Å²) in [6.07, 6.45) is 8.57. The maximum atomic E-state index is 11.7. The Hall–Kier alpha value is -0.580. The van der Waals surface area contributed by atoms with Crippen molar-refractivity contribution in [3.63, 3.8) is 0 Å². The quantitative estimate of drug-likeness (QED) is 0.324. The van der Waals surface area contributed by atoms with Crippen LogP contribution in [0.4, 0.5) is 0 Å². The van der Waals surface area contributed by atoms with Gasteiger partial charge in [-0.05, 0) is 37.5 Å². The molecule has 0 spiro atoms. The van der Waals surface area contributed by atoms with Gasteiger partial charge in [0.2, 0.25) is 5.91 Å². The molecule has 0 radical (unpaired) electrons. The number of rotatable bonds is 5. The van der Waals surface area contributed by atoms with Crippen molar-refractivity contribution in [2.24, 2.45) is 16.8 Å². The second-order valence-electron chi connectivity index (χ2n) is 8.50. The first-order valence-electron chi connectivity index (χ1n) is 10.4. The van der Waals surface area contributed by atoms with Gasteiger partial charge in [0.25, 0.3) is 0 Å². The van der Waals surface area contributed by atoms with Gasteiger partial charge in [0, 0.05) is 39.1 Å². The molecule has 2 atom stereocenters. The monoisotopic (exact) mass is 526 g/mol. The first-order chi connectivity index (χ1) is 12.9. The number of carbonyl (C=O) groups is 1. The molecule has 1 amide bonds. The molecule has 1 aliphatic carbocycles. The number of amides is 1. The van der Waals surface area contributed by atoms with Crippen molar-refractivity contribution in [1.29, 1.82) is 0 Å². The molecule has 162 valence electrons. The average molecular weight is 526 g/mol. The zero-order chi connectivity index (χ0) is 19.3. The minimum absolute atomic E-state index is 0. The average Bonchev–Trinajstić information content (AvgIpc) is 3.00. The third-order valence-electron chi connectivity index (χ3n) is 6.08.